The lowest BCUT2D eigenvalue weighted by Crippen LogP contribution is -2.34. The van der Waals surface area contributed by atoms with Crippen LogP contribution in [-0.4, -0.2) is 27.8 Å². The number of nitrogens with zero attached hydrogens (tertiary/aromatic N) is 2. The molecule has 3 rings (SSSR count). The third-order valence-electron chi connectivity index (χ3n) is 3.98. The van der Waals surface area contributed by atoms with Gasteiger partial charge in [-0.3, -0.25) is 0 Å². The largest absolute Gasteiger partial charge is 0.352 e. The first-order valence-electron chi connectivity index (χ1n) is 7.58. The summed E-state index contributed by atoms with van der Waals surface area (Å²) in [5.41, 5.74) is 3.26. The number of nitrogens with one attached hydrogen (secondary N) is 1. The van der Waals surface area contributed by atoms with Crippen molar-refractivity contribution in [2.24, 2.45) is 7.05 Å². The molecule has 0 aliphatic carbocycles. The molecule has 2 aromatic rings. The zero-order chi connectivity index (χ0) is 15.5. The molecule has 0 spiro atoms. The van der Waals surface area contributed by atoms with Crippen molar-refractivity contribution in [1.29, 1.82) is 0 Å². The predicted octanol–water partition coefficient (Wildman–Crippen LogP) is 3.87. The Morgan fingerprint density at radius 2 is 2.23 bits per heavy atom. The summed E-state index contributed by atoms with van der Waals surface area (Å²) in [5.74, 6) is 0.971. The highest BCUT2D eigenvalue weighted by Gasteiger charge is 2.32. The Morgan fingerprint density at radius 3 is 2.95 bits per heavy atom. The number of hydrogen-bond donors (Lipinski definition) is 1. The van der Waals surface area contributed by atoms with Gasteiger partial charge < -0.3 is 14.8 Å². The van der Waals surface area contributed by atoms with E-state index in [9.17, 15) is 4.79 Å². The zero-order valence-corrected chi connectivity index (χ0v) is 13.8. The number of benzene rings is 1. The van der Waals surface area contributed by atoms with Crippen LogP contribution in [0.2, 0.25) is 0 Å². The Bertz CT molecular complexity index is 667. The van der Waals surface area contributed by atoms with Crippen molar-refractivity contribution < 1.29 is 4.79 Å². The van der Waals surface area contributed by atoms with Gasteiger partial charge in [0.25, 0.3) is 0 Å². The molecule has 0 saturated carbocycles. The van der Waals surface area contributed by atoms with E-state index in [0.29, 0.717) is 0 Å². The fourth-order valence-corrected chi connectivity index (χ4v) is 4.04. The smallest absolute Gasteiger partial charge is 0.323 e. The van der Waals surface area contributed by atoms with Crippen LogP contribution in [0.1, 0.15) is 23.6 Å². The van der Waals surface area contributed by atoms with Crippen LogP contribution in [0.3, 0.4) is 0 Å². The quantitative estimate of drug-likeness (QED) is 0.933. The minimum absolute atomic E-state index is 0.0237. The third kappa shape index (κ3) is 2.99. The maximum atomic E-state index is 12.6. The van der Waals surface area contributed by atoms with Crippen LogP contribution in [0.5, 0.6) is 0 Å². The number of carbonyl (C=O) groups excluding carboxylic acids is 1. The van der Waals surface area contributed by atoms with Gasteiger partial charge in [0.1, 0.15) is 5.37 Å². The Morgan fingerprint density at radius 1 is 1.36 bits per heavy atom. The van der Waals surface area contributed by atoms with Crippen molar-refractivity contribution in [3.63, 3.8) is 0 Å². The number of thioether (sulfide) groups is 1. The van der Waals surface area contributed by atoms with Crippen LogP contribution in [0.4, 0.5) is 10.5 Å². The lowest BCUT2D eigenvalue weighted by molar-refractivity contribution is 0.213. The third-order valence-corrected chi connectivity index (χ3v) is 5.21. The van der Waals surface area contributed by atoms with Crippen molar-refractivity contribution in [3.8, 4) is 0 Å². The minimum Gasteiger partial charge on any atom is -0.352 e. The molecule has 0 bridgehead atoms. The summed E-state index contributed by atoms with van der Waals surface area (Å²) >= 11 is 1.81. The van der Waals surface area contributed by atoms with Gasteiger partial charge >= 0.3 is 6.03 Å². The lowest BCUT2D eigenvalue weighted by Gasteiger charge is -2.24. The maximum absolute atomic E-state index is 12.6. The minimum atomic E-state index is -0.0237. The normalized spacial score (nSPS) is 17.7. The first kappa shape index (κ1) is 15.0. The molecule has 1 fully saturated rings. The van der Waals surface area contributed by atoms with E-state index >= 15 is 0 Å². The second kappa shape index (κ2) is 6.48. The molecule has 4 nitrogen and oxygen atoms in total. The fourth-order valence-electron chi connectivity index (χ4n) is 2.72. The summed E-state index contributed by atoms with van der Waals surface area (Å²) in [7, 11) is 2.02. The summed E-state index contributed by atoms with van der Waals surface area (Å²) < 4.78 is 2.08. The molecular weight excluding hydrogens is 294 g/mol. The van der Waals surface area contributed by atoms with Gasteiger partial charge in [-0.05, 0) is 36.2 Å². The van der Waals surface area contributed by atoms with Gasteiger partial charge in [-0.15, -0.1) is 11.8 Å². The molecular formula is C17H21N3OS. The summed E-state index contributed by atoms with van der Waals surface area (Å²) in [5, 5.41) is 3.13. The molecule has 1 N–H and O–H groups in total. The Labute approximate surface area is 135 Å². The summed E-state index contributed by atoms with van der Waals surface area (Å²) in [4.78, 5) is 14.5. The van der Waals surface area contributed by atoms with E-state index in [1.54, 1.807) is 0 Å². The van der Waals surface area contributed by atoms with Crippen molar-refractivity contribution >= 4 is 23.5 Å². The predicted molar refractivity (Wildman–Crippen MR) is 92.2 cm³/mol. The first-order valence-corrected chi connectivity index (χ1v) is 8.63. The van der Waals surface area contributed by atoms with Crippen LogP contribution < -0.4 is 5.32 Å². The molecule has 2 amide bonds. The molecule has 1 saturated heterocycles. The second-order valence-corrected chi connectivity index (χ2v) is 6.63. The fraction of sp³-hybridized carbons (Fsp3) is 0.353. The first-order chi connectivity index (χ1) is 10.7. The molecule has 1 aliphatic rings. The number of rotatable bonds is 3. The van der Waals surface area contributed by atoms with Crippen LogP contribution in [-0.2, 0) is 13.5 Å². The van der Waals surface area contributed by atoms with Gasteiger partial charge in [0.05, 0.1) is 5.69 Å². The van der Waals surface area contributed by atoms with E-state index < -0.39 is 0 Å². The van der Waals surface area contributed by atoms with Gasteiger partial charge in [0.2, 0.25) is 0 Å². The highest BCUT2D eigenvalue weighted by Crippen LogP contribution is 2.38. The standard InChI is InChI=1S/C17H21N3OS/c1-3-13-6-4-7-14(12-13)18-17(21)20-10-11-22-16(20)15-8-5-9-19(15)2/h4-9,12,16H,3,10-11H2,1-2H3,(H,18,21)/t16-/m0/s1. The molecule has 116 valence electrons. The number of aromatic nitrogens is 1. The van der Waals surface area contributed by atoms with E-state index in [4.69, 9.17) is 0 Å². The Kier molecular flexibility index (Phi) is 4.43. The van der Waals surface area contributed by atoms with Gasteiger partial charge in [0.15, 0.2) is 0 Å². The topological polar surface area (TPSA) is 37.3 Å². The summed E-state index contributed by atoms with van der Waals surface area (Å²) in [6.45, 7) is 2.89. The van der Waals surface area contributed by atoms with E-state index in [1.807, 2.05) is 54.2 Å². The molecule has 1 aliphatic heterocycles. The summed E-state index contributed by atoms with van der Waals surface area (Å²) in [6, 6.07) is 12.1. The van der Waals surface area contributed by atoms with E-state index in [2.05, 4.69) is 28.9 Å². The van der Waals surface area contributed by atoms with Crippen molar-refractivity contribution in [2.45, 2.75) is 18.7 Å². The number of aryl methyl sites for hydroxylation is 2. The zero-order valence-electron chi connectivity index (χ0n) is 13.0. The van der Waals surface area contributed by atoms with E-state index in [1.165, 1.54) is 11.3 Å². The van der Waals surface area contributed by atoms with E-state index in [0.717, 1.165) is 24.4 Å². The highest BCUT2D eigenvalue weighted by atomic mass is 32.2. The van der Waals surface area contributed by atoms with Gasteiger partial charge in [-0.2, -0.15) is 0 Å². The number of anilines is 1. The van der Waals surface area contributed by atoms with Gasteiger partial charge in [-0.1, -0.05) is 19.1 Å². The maximum Gasteiger partial charge on any atom is 0.323 e. The average Bonchev–Trinajstić information content (AvgIpc) is 3.15. The number of hydrogen-bond acceptors (Lipinski definition) is 2. The van der Waals surface area contributed by atoms with Crippen molar-refractivity contribution in [3.05, 3.63) is 53.9 Å². The number of amides is 2. The molecule has 22 heavy (non-hydrogen) atoms. The molecule has 0 radical (unpaired) electrons. The Balaban J connectivity index is 1.75. The molecule has 5 heteroatoms. The van der Waals surface area contributed by atoms with Crippen LogP contribution in [0.25, 0.3) is 0 Å². The van der Waals surface area contributed by atoms with Gasteiger partial charge in [-0.25, -0.2) is 4.79 Å². The van der Waals surface area contributed by atoms with Crippen molar-refractivity contribution in [2.75, 3.05) is 17.6 Å². The van der Waals surface area contributed by atoms with Crippen LogP contribution in [0.15, 0.2) is 42.6 Å². The monoisotopic (exact) mass is 315 g/mol. The highest BCUT2D eigenvalue weighted by molar-refractivity contribution is 7.99. The number of urea groups is 1. The molecule has 1 atom stereocenters. The SMILES string of the molecule is CCc1cccc(NC(=O)N2CCS[C@H]2c2cccn2C)c1. The Hall–Kier alpha value is -1.88. The molecule has 0 unspecified atom stereocenters. The summed E-state index contributed by atoms with van der Waals surface area (Å²) in [6.07, 6.45) is 2.99. The number of carbonyl (C=O) groups is 1. The second-order valence-electron chi connectivity index (χ2n) is 5.44. The average molecular weight is 315 g/mol. The molecule has 1 aromatic carbocycles. The van der Waals surface area contributed by atoms with Crippen LogP contribution >= 0.6 is 11.8 Å². The lowest BCUT2D eigenvalue weighted by atomic mass is 10.1. The van der Waals surface area contributed by atoms with Gasteiger partial charge in [0, 0.05) is 31.2 Å². The van der Waals surface area contributed by atoms with E-state index in [-0.39, 0.29) is 11.4 Å². The van der Waals surface area contributed by atoms with Crippen molar-refractivity contribution in [1.82, 2.24) is 9.47 Å². The molecule has 1 aromatic heterocycles. The molecule has 2 heterocycles. The van der Waals surface area contributed by atoms with Crippen LogP contribution in [0, 0.1) is 0 Å².